The van der Waals surface area contributed by atoms with Crippen molar-refractivity contribution in [1.29, 1.82) is 0 Å². The summed E-state index contributed by atoms with van der Waals surface area (Å²) < 4.78 is 31.4. The Labute approximate surface area is 79.4 Å². The summed E-state index contributed by atoms with van der Waals surface area (Å²) in [6, 6.07) is 0. The molecule has 0 aromatic carbocycles. The third-order valence-electron chi connectivity index (χ3n) is 3.38. The van der Waals surface area contributed by atoms with Crippen molar-refractivity contribution in [2.45, 2.75) is 44.5 Å². The molecule has 2 fully saturated rings. The van der Waals surface area contributed by atoms with Crippen LogP contribution in [0.1, 0.15) is 26.7 Å². The largest absolute Gasteiger partial charge is 0.369 e. The van der Waals surface area contributed by atoms with Crippen LogP contribution in [0, 0.1) is 5.92 Å². The molecule has 0 N–H and O–H groups in total. The lowest BCUT2D eigenvalue weighted by atomic mass is 9.79. The lowest BCUT2D eigenvalue weighted by Crippen LogP contribution is -2.37. The van der Waals surface area contributed by atoms with Crippen molar-refractivity contribution >= 4 is 11.0 Å². The minimum Gasteiger partial charge on any atom is -0.369 e. The minimum atomic E-state index is -2.75. The van der Waals surface area contributed by atoms with Crippen LogP contribution in [0.3, 0.4) is 0 Å². The van der Waals surface area contributed by atoms with E-state index in [1.807, 2.05) is 13.8 Å². The highest BCUT2D eigenvalue weighted by molar-refractivity contribution is 7.67. The van der Waals surface area contributed by atoms with Crippen LogP contribution in [0.5, 0.6) is 0 Å². The first-order valence-corrected chi connectivity index (χ1v) is 5.61. The summed E-state index contributed by atoms with van der Waals surface area (Å²) in [5.74, 6) is 0.166. The summed E-state index contributed by atoms with van der Waals surface area (Å²) in [5.41, 5.74) is -0.166. The van der Waals surface area contributed by atoms with Gasteiger partial charge < -0.3 is 4.74 Å². The molecule has 0 aliphatic carbocycles. The fourth-order valence-electron chi connectivity index (χ4n) is 2.39. The maximum atomic E-state index is 10.4. The Balaban J connectivity index is 2.15. The first-order chi connectivity index (χ1) is 6.03. The summed E-state index contributed by atoms with van der Waals surface area (Å²) >= 11 is 0. The van der Waals surface area contributed by atoms with Gasteiger partial charge in [-0.25, -0.2) is 8.42 Å². The second-order valence-electron chi connectivity index (χ2n) is 4.09. The van der Waals surface area contributed by atoms with Gasteiger partial charge in [0.1, 0.15) is 6.10 Å². The number of hydrogen-bond acceptors (Lipinski definition) is 4. The number of ether oxygens (including phenoxy) is 1. The molecule has 0 radical (unpaired) electrons. The van der Waals surface area contributed by atoms with Crippen LogP contribution in [-0.4, -0.2) is 26.2 Å². The van der Waals surface area contributed by atoms with Gasteiger partial charge in [-0.1, -0.05) is 6.92 Å². The van der Waals surface area contributed by atoms with Gasteiger partial charge >= 0.3 is 0 Å². The van der Waals surface area contributed by atoms with E-state index in [0.717, 1.165) is 12.8 Å². The minimum absolute atomic E-state index is 0.0205. The summed E-state index contributed by atoms with van der Waals surface area (Å²) in [6.45, 7) is 4.02. The van der Waals surface area contributed by atoms with Crippen molar-refractivity contribution in [2.75, 3.05) is 0 Å². The number of fused-ring (bicyclic) bond motifs is 2. The normalized spacial score (nSPS) is 49.0. The van der Waals surface area contributed by atoms with Crippen molar-refractivity contribution in [1.82, 2.24) is 0 Å². The number of hydrogen-bond donors (Lipinski definition) is 1. The predicted octanol–water partition coefficient (Wildman–Crippen LogP) is 0.485. The average Bonchev–Trinajstić information content (AvgIpc) is 2.50. The smallest absolute Gasteiger partial charge is 0.257 e. The number of thiol groups is 1. The van der Waals surface area contributed by atoms with Crippen LogP contribution in [0.25, 0.3) is 0 Å². The molecule has 0 spiro atoms. The highest BCUT2D eigenvalue weighted by atomic mass is 32.2. The van der Waals surface area contributed by atoms with Crippen molar-refractivity contribution in [3.63, 3.8) is 0 Å². The van der Waals surface area contributed by atoms with Gasteiger partial charge in [-0.3, -0.25) is 4.18 Å². The monoisotopic (exact) mass is 206 g/mol. The lowest BCUT2D eigenvalue weighted by Gasteiger charge is -2.28. The molecule has 2 heterocycles. The molecule has 2 saturated heterocycles. The molecular weight excluding hydrogens is 192 g/mol. The van der Waals surface area contributed by atoms with Crippen LogP contribution in [0.15, 0.2) is 0 Å². The van der Waals surface area contributed by atoms with Gasteiger partial charge in [-0.2, -0.15) is 0 Å². The van der Waals surface area contributed by atoms with Gasteiger partial charge in [0.2, 0.25) is 0 Å². The zero-order valence-electron chi connectivity index (χ0n) is 7.73. The molecule has 0 aromatic rings. The predicted molar refractivity (Wildman–Crippen MR) is 46.9 cm³/mol. The van der Waals surface area contributed by atoms with Gasteiger partial charge in [0.05, 0.1) is 11.7 Å². The van der Waals surface area contributed by atoms with Gasteiger partial charge in [0.15, 0.2) is 0 Å². The first-order valence-electron chi connectivity index (χ1n) is 4.52. The van der Waals surface area contributed by atoms with E-state index in [9.17, 15) is 8.42 Å². The van der Waals surface area contributed by atoms with Crippen LogP contribution in [0.2, 0.25) is 0 Å². The van der Waals surface area contributed by atoms with Gasteiger partial charge in [0.25, 0.3) is 11.0 Å². The highest BCUT2D eigenvalue weighted by Gasteiger charge is 2.55. The molecule has 0 aromatic heterocycles. The SMILES string of the molecule is CC1C(O[SH](=O)=O)C2CCC1(C)O2. The maximum absolute atomic E-state index is 10.4. The molecule has 2 bridgehead atoms. The van der Waals surface area contributed by atoms with E-state index in [2.05, 4.69) is 0 Å². The first kappa shape index (κ1) is 9.43. The molecule has 2 aliphatic heterocycles. The molecule has 5 heteroatoms. The quantitative estimate of drug-likeness (QED) is 0.668. The van der Waals surface area contributed by atoms with Gasteiger partial charge in [-0.05, 0) is 19.8 Å². The van der Waals surface area contributed by atoms with Crippen molar-refractivity contribution < 1.29 is 17.3 Å². The van der Waals surface area contributed by atoms with Crippen molar-refractivity contribution in [3.8, 4) is 0 Å². The van der Waals surface area contributed by atoms with E-state index < -0.39 is 11.0 Å². The van der Waals surface area contributed by atoms with Gasteiger partial charge in [-0.15, -0.1) is 0 Å². The molecule has 4 atom stereocenters. The Morgan fingerprint density at radius 3 is 2.69 bits per heavy atom. The van der Waals surface area contributed by atoms with Crippen molar-refractivity contribution in [2.24, 2.45) is 5.92 Å². The van der Waals surface area contributed by atoms with E-state index in [4.69, 9.17) is 8.92 Å². The van der Waals surface area contributed by atoms with E-state index >= 15 is 0 Å². The summed E-state index contributed by atoms with van der Waals surface area (Å²) in [6.07, 6.45) is 1.64. The zero-order chi connectivity index (χ0) is 9.64. The molecule has 2 rings (SSSR count). The molecule has 0 saturated carbocycles. The second-order valence-corrected chi connectivity index (χ2v) is 4.75. The molecule has 4 nitrogen and oxygen atoms in total. The van der Waals surface area contributed by atoms with Gasteiger partial charge in [0, 0.05) is 5.92 Å². The molecule has 13 heavy (non-hydrogen) atoms. The van der Waals surface area contributed by atoms with E-state index in [1.54, 1.807) is 0 Å². The topological polar surface area (TPSA) is 52.6 Å². The molecule has 76 valence electrons. The third-order valence-corrected chi connectivity index (χ3v) is 3.79. The lowest BCUT2D eigenvalue weighted by molar-refractivity contribution is 0.00855. The second kappa shape index (κ2) is 2.93. The van der Waals surface area contributed by atoms with Crippen molar-refractivity contribution in [3.05, 3.63) is 0 Å². The molecular formula is C8H14O4S. The molecule has 4 unspecified atom stereocenters. The average molecular weight is 206 g/mol. The number of rotatable bonds is 2. The summed E-state index contributed by atoms with van der Waals surface area (Å²) in [5, 5.41) is 0. The Morgan fingerprint density at radius 1 is 1.54 bits per heavy atom. The fraction of sp³-hybridized carbons (Fsp3) is 1.00. The van der Waals surface area contributed by atoms with E-state index in [0.29, 0.717) is 0 Å². The van der Waals surface area contributed by atoms with E-state index in [-0.39, 0.29) is 23.7 Å². The Hall–Kier alpha value is -0.130. The molecule has 2 aliphatic rings. The van der Waals surface area contributed by atoms with Crippen LogP contribution < -0.4 is 0 Å². The zero-order valence-corrected chi connectivity index (χ0v) is 8.62. The van der Waals surface area contributed by atoms with Crippen LogP contribution in [0.4, 0.5) is 0 Å². The Kier molecular flexibility index (Phi) is 2.13. The highest BCUT2D eigenvalue weighted by Crippen LogP contribution is 2.48. The van der Waals surface area contributed by atoms with Crippen LogP contribution in [-0.2, 0) is 19.9 Å². The summed E-state index contributed by atoms with van der Waals surface area (Å²) in [7, 11) is -2.75. The standard InChI is InChI=1S/C8H14O4S/c1-5-7(12-13(9)10)6-3-4-8(5,2)11-6/h5-7,13H,3-4H2,1-2H3. The third kappa shape index (κ3) is 1.39. The Bertz CT molecular complexity index is 280. The van der Waals surface area contributed by atoms with Crippen LogP contribution >= 0.6 is 0 Å². The fourth-order valence-corrected chi connectivity index (χ4v) is 2.90. The van der Waals surface area contributed by atoms with E-state index in [1.165, 1.54) is 0 Å². The maximum Gasteiger partial charge on any atom is 0.257 e. The summed E-state index contributed by atoms with van der Waals surface area (Å²) in [4.78, 5) is 0. The Morgan fingerprint density at radius 2 is 2.23 bits per heavy atom. The molecule has 0 amide bonds.